The van der Waals surface area contributed by atoms with Crippen molar-refractivity contribution < 1.29 is 22.3 Å². The van der Waals surface area contributed by atoms with Crippen LogP contribution in [0.3, 0.4) is 0 Å². The van der Waals surface area contributed by atoms with Gasteiger partial charge in [0.2, 0.25) is 0 Å². The van der Waals surface area contributed by atoms with E-state index in [0.29, 0.717) is 5.56 Å². The van der Waals surface area contributed by atoms with Gasteiger partial charge in [-0.2, -0.15) is 0 Å². The summed E-state index contributed by atoms with van der Waals surface area (Å²) in [5, 5.41) is 0. The van der Waals surface area contributed by atoms with Gasteiger partial charge in [0.25, 0.3) is 10.0 Å². The summed E-state index contributed by atoms with van der Waals surface area (Å²) < 4.78 is 44.6. The highest BCUT2D eigenvalue weighted by Crippen LogP contribution is 2.21. The predicted molar refractivity (Wildman–Crippen MR) is 79.7 cm³/mol. The van der Waals surface area contributed by atoms with Crippen LogP contribution in [0.1, 0.15) is 15.9 Å². The van der Waals surface area contributed by atoms with Gasteiger partial charge in [-0.1, -0.05) is 6.07 Å². The minimum absolute atomic E-state index is 0.0419. The zero-order valence-corrected chi connectivity index (χ0v) is 12.8. The summed E-state index contributed by atoms with van der Waals surface area (Å²) >= 11 is 0. The minimum atomic E-state index is -3.90. The number of hydrogen-bond donors (Lipinski definition) is 1. The van der Waals surface area contributed by atoms with Crippen molar-refractivity contribution in [3.63, 3.8) is 0 Å². The Morgan fingerprint density at radius 3 is 2.36 bits per heavy atom. The summed E-state index contributed by atoms with van der Waals surface area (Å²) in [6.07, 6.45) is 0. The number of sulfonamides is 1. The fourth-order valence-electron chi connectivity index (χ4n) is 1.86. The second-order valence-electron chi connectivity index (χ2n) is 4.58. The van der Waals surface area contributed by atoms with Crippen LogP contribution in [-0.4, -0.2) is 21.5 Å². The molecule has 7 heteroatoms. The molecule has 0 amide bonds. The van der Waals surface area contributed by atoms with Gasteiger partial charge in [0.05, 0.1) is 17.6 Å². The van der Waals surface area contributed by atoms with Gasteiger partial charge in [-0.25, -0.2) is 17.6 Å². The van der Waals surface area contributed by atoms with Crippen molar-refractivity contribution in [3.05, 3.63) is 59.4 Å². The van der Waals surface area contributed by atoms with Crippen molar-refractivity contribution in [1.82, 2.24) is 0 Å². The molecule has 116 valence electrons. The Labute approximate surface area is 127 Å². The number of hydrogen-bond acceptors (Lipinski definition) is 4. The normalized spacial score (nSPS) is 11.0. The van der Waals surface area contributed by atoms with Crippen LogP contribution in [0, 0.1) is 12.7 Å². The summed E-state index contributed by atoms with van der Waals surface area (Å²) in [7, 11) is -2.69. The van der Waals surface area contributed by atoms with E-state index in [4.69, 9.17) is 0 Å². The molecule has 0 aromatic heterocycles. The van der Waals surface area contributed by atoms with Crippen LogP contribution in [-0.2, 0) is 14.8 Å². The molecule has 0 aliphatic carbocycles. The lowest BCUT2D eigenvalue weighted by atomic mass is 10.1. The molecule has 22 heavy (non-hydrogen) atoms. The number of benzene rings is 2. The monoisotopic (exact) mass is 323 g/mol. The molecule has 1 N–H and O–H groups in total. The number of esters is 1. The number of carbonyl (C=O) groups is 1. The molecular weight excluding hydrogens is 309 g/mol. The van der Waals surface area contributed by atoms with E-state index in [9.17, 15) is 17.6 Å². The second-order valence-corrected chi connectivity index (χ2v) is 6.24. The van der Waals surface area contributed by atoms with E-state index in [-0.39, 0.29) is 16.1 Å². The molecule has 2 rings (SSSR count). The number of ether oxygens (including phenoxy) is 1. The van der Waals surface area contributed by atoms with E-state index in [1.165, 1.54) is 37.4 Å². The van der Waals surface area contributed by atoms with E-state index in [1.807, 2.05) is 0 Å². The van der Waals surface area contributed by atoms with Crippen molar-refractivity contribution in [2.75, 3.05) is 11.8 Å². The lowest BCUT2D eigenvalue weighted by Gasteiger charge is -2.11. The minimum Gasteiger partial charge on any atom is -0.465 e. The highest BCUT2D eigenvalue weighted by molar-refractivity contribution is 7.92. The van der Waals surface area contributed by atoms with E-state index < -0.39 is 21.8 Å². The van der Waals surface area contributed by atoms with Crippen molar-refractivity contribution >= 4 is 21.7 Å². The van der Waals surface area contributed by atoms with Crippen molar-refractivity contribution in [2.24, 2.45) is 0 Å². The Morgan fingerprint density at radius 2 is 1.77 bits per heavy atom. The number of nitrogens with one attached hydrogen (secondary N) is 1. The Kier molecular flexibility index (Phi) is 4.46. The van der Waals surface area contributed by atoms with E-state index in [1.54, 1.807) is 6.92 Å². The molecule has 2 aromatic rings. The molecule has 0 aliphatic heterocycles. The third kappa shape index (κ3) is 3.43. The fourth-order valence-corrected chi connectivity index (χ4v) is 3.19. The first-order valence-corrected chi connectivity index (χ1v) is 7.79. The highest BCUT2D eigenvalue weighted by atomic mass is 32.2. The van der Waals surface area contributed by atoms with E-state index in [2.05, 4.69) is 9.46 Å². The van der Waals surface area contributed by atoms with Crippen LogP contribution in [0.5, 0.6) is 0 Å². The molecule has 0 fully saturated rings. The lowest BCUT2D eigenvalue weighted by molar-refractivity contribution is 0.0600. The summed E-state index contributed by atoms with van der Waals surface area (Å²) in [4.78, 5) is 11.5. The fraction of sp³-hybridized carbons (Fsp3) is 0.133. The van der Waals surface area contributed by atoms with Gasteiger partial charge in [-0.05, 0) is 48.9 Å². The molecule has 0 radical (unpaired) electrons. The molecule has 2 aromatic carbocycles. The molecule has 0 saturated heterocycles. The van der Waals surface area contributed by atoms with Gasteiger partial charge < -0.3 is 4.74 Å². The molecule has 0 bridgehead atoms. The van der Waals surface area contributed by atoms with Gasteiger partial charge in [-0.3, -0.25) is 4.72 Å². The van der Waals surface area contributed by atoms with Crippen LogP contribution < -0.4 is 4.72 Å². The van der Waals surface area contributed by atoms with Crippen LogP contribution in [0.25, 0.3) is 0 Å². The Morgan fingerprint density at radius 1 is 1.14 bits per heavy atom. The van der Waals surface area contributed by atoms with Crippen molar-refractivity contribution in [2.45, 2.75) is 11.8 Å². The number of anilines is 1. The Balaban J connectivity index is 2.40. The molecule has 0 saturated carbocycles. The summed E-state index contributed by atoms with van der Waals surface area (Å²) in [5.74, 6) is -1.09. The van der Waals surface area contributed by atoms with Gasteiger partial charge in [0, 0.05) is 5.69 Å². The largest absolute Gasteiger partial charge is 0.465 e. The smallest absolute Gasteiger partial charge is 0.337 e. The van der Waals surface area contributed by atoms with Crippen molar-refractivity contribution in [3.8, 4) is 0 Å². The maximum absolute atomic E-state index is 12.9. The van der Waals surface area contributed by atoms with E-state index >= 15 is 0 Å². The quantitative estimate of drug-likeness (QED) is 0.878. The summed E-state index contributed by atoms with van der Waals surface area (Å²) in [6, 6.07) is 9.17. The average molecular weight is 323 g/mol. The second kappa shape index (κ2) is 6.15. The SMILES string of the molecule is COC(=O)c1ccc(C)c(S(=O)(=O)Nc2ccc(F)cc2)c1. The van der Waals surface area contributed by atoms with Crippen LogP contribution in [0.4, 0.5) is 10.1 Å². The number of rotatable bonds is 4. The number of halogens is 1. The van der Waals surface area contributed by atoms with Gasteiger partial charge in [-0.15, -0.1) is 0 Å². The number of methoxy groups -OCH3 is 1. The molecule has 0 spiro atoms. The van der Waals surface area contributed by atoms with Crippen molar-refractivity contribution in [1.29, 1.82) is 0 Å². The topological polar surface area (TPSA) is 72.5 Å². The summed E-state index contributed by atoms with van der Waals surface area (Å²) in [6.45, 7) is 1.61. The Bertz CT molecular complexity index is 801. The first kappa shape index (κ1) is 16.0. The van der Waals surface area contributed by atoms with Crippen LogP contribution in [0.2, 0.25) is 0 Å². The zero-order valence-electron chi connectivity index (χ0n) is 12.0. The molecule has 0 aliphatic rings. The first-order chi connectivity index (χ1) is 10.3. The molecule has 0 heterocycles. The number of aryl methyl sites for hydroxylation is 1. The maximum Gasteiger partial charge on any atom is 0.337 e. The summed E-state index contributed by atoms with van der Waals surface area (Å²) in [5.41, 5.74) is 0.833. The van der Waals surface area contributed by atoms with Gasteiger partial charge in [0.15, 0.2) is 0 Å². The lowest BCUT2D eigenvalue weighted by Crippen LogP contribution is -2.15. The Hall–Kier alpha value is -2.41. The van der Waals surface area contributed by atoms with Crippen LogP contribution in [0.15, 0.2) is 47.4 Å². The average Bonchev–Trinajstić information content (AvgIpc) is 2.49. The predicted octanol–water partition coefficient (Wildman–Crippen LogP) is 2.72. The van der Waals surface area contributed by atoms with Crippen LogP contribution >= 0.6 is 0 Å². The molecular formula is C15H14FNO4S. The zero-order chi connectivity index (χ0) is 16.3. The standard InChI is InChI=1S/C15H14FNO4S/c1-10-3-4-11(15(18)21-2)9-14(10)22(19,20)17-13-7-5-12(16)6-8-13/h3-9,17H,1-2H3. The highest BCUT2D eigenvalue weighted by Gasteiger charge is 2.19. The third-order valence-electron chi connectivity index (χ3n) is 3.00. The first-order valence-electron chi connectivity index (χ1n) is 6.31. The van der Waals surface area contributed by atoms with E-state index in [0.717, 1.165) is 12.1 Å². The third-order valence-corrected chi connectivity index (χ3v) is 4.52. The number of carbonyl (C=O) groups excluding carboxylic acids is 1. The molecule has 5 nitrogen and oxygen atoms in total. The van der Waals surface area contributed by atoms with Gasteiger partial charge in [0.1, 0.15) is 5.82 Å². The maximum atomic E-state index is 12.9. The molecule has 0 unspecified atom stereocenters. The molecule has 0 atom stereocenters. The van der Waals surface area contributed by atoms with Gasteiger partial charge >= 0.3 is 5.97 Å².